The third-order valence-corrected chi connectivity index (χ3v) is 5.95. The molecule has 2 aromatic rings. The van der Waals surface area contributed by atoms with Gasteiger partial charge in [0.1, 0.15) is 11.7 Å². The average Bonchev–Trinajstić information content (AvgIpc) is 2.86. The summed E-state index contributed by atoms with van der Waals surface area (Å²) in [5, 5.41) is 9.79. The molecule has 1 aliphatic rings. The monoisotopic (exact) mass is 463 g/mol. The van der Waals surface area contributed by atoms with Gasteiger partial charge in [0.05, 0.1) is 19.2 Å². The predicted molar refractivity (Wildman–Crippen MR) is 131 cm³/mol. The fourth-order valence-corrected chi connectivity index (χ4v) is 3.83. The van der Waals surface area contributed by atoms with E-state index in [9.17, 15) is 14.7 Å². The smallest absolute Gasteiger partial charge is 0.259 e. The van der Waals surface area contributed by atoms with E-state index in [1.807, 2.05) is 32.0 Å². The zero-order valence-corrected chi connectivity index (χ0v) is 20.3. The highest BCUT2D eigenvalue weighted by Crippen LogP contribution is 2.27. The number of rotatable bonds is 6. The number of nitrogens with zero attached hydrogens (tertiary/aromatic N) is 3. The summed E-state index contributed by atoms with van der Waals surface area (Å²) in [6, 6.07) is 10.4. The van der Waals surface area contributed by atoms with Crippen LogP contribution < -0.4 is 4.74 Å². The van der Waals surface area contributed by atoms with E-state index in [4.69, 9.17) is 4.74 Å². The van der Waals surface area contributed by atoms with Crippen molar-refractivity contribution in [2.75, 3.05) is 26.7 Å². The molecule has 0 fully saturated rings. The second-order valence-corrected chi connectivity index (χ2v) is 8.80. The first-order valence-corrected chi connectivity index (χ1v) is 11.7. The average molecular weight is 464 g/mol. The van der Waals surface area contributed by atoms with Gasteiger partial charge in [-0.15, -0.1) is 0 Å². The number of likely N-dealkylation sites (N-methyl/N-ethyl adjacent to an activating group) is 1. The zero-order chi connectivity index (χ0) is 24.7. The van der Waals surface area contributed by atoms with Crippen molar-refractivity contribution in [1.29, 1.82) is 0 Å². The molecule has 1 aliphatic heterocycles. The Hall–Kier alpha value is -3.37. The molecule has 1 aromatic heterocycles. The molecule has 7 heteroatoms. The van der Waals surface area contributed by atoms with Crippen LogP contribution in [0.25, 0.3) is 0 Å². The molecule has 2 amide bonds. The Kier molecular flexibility index (Phi) is 8.67. The second kappa shape index (κ2) is 11.7. The number of aromatic nitrogens is 1. The largest absolute Gasteiger partial charge is 0.472 e. The van der Waals surface area contributed by atoms with Crippen LogP contribution in [0.5, 0.6) is 5.88 Å². The molecule has 0 spiro atoms. The molecule has 0 radical (unpaired) electrons. The lowest BCUT2D eigenvalue weighted by Crippen LogP contribution is -2.50. The van der Waals surface area contributed by atoms with E-state index in [1.165, 1.54) is 0 Å². The summed E-state index contributed by atoms with van der Waals surface area (Å²) >= 11 is 0. The van der Waals surface area contributed by atoms with Crippen LogP contribution in [-0.4, -0.2) is 70.6 Å². The highest BCUT2D eigenvalue weighted by molar-refractivity contribution is 5.97. The first-order chi connectivity index (χ1) is 16.3. The first-order valence-electron chi connectivity index (χ1n) is 11.7. The van der Waals surface area contributed by atoms with Gasteiger partial charge in [-0.2, -0.15) is 0 Å². The molecule has 3 rings (SSSR count). The molecular weight excluding hydrogens is 430 g/mol. The third-order valence-electron chi connectivity index (χ3n) is 5.95. The van der Waals surface area contributed by atoms with Gasteiger partial charge >= 0.3 is 0 Å². The number of benzene rings is 1. The highest BCUT2D eigenvalue weighted by Gasteiger charge is 2.34. The summed E-state index contributed by atoms with van der Waals surface area (Å²) in [7, 11) is 1.74. The van der Waals surface area contributed by atoms with E-state index in [-0.39, 0.29) is 36.3 Å². The second-order valence-electron chi connectivity index (χ2n) is 8.80. The number of aliphatic hydroxyl groups excluding tert-OH is 1. The quantitative estimate of drug-likeness (QED) is 0.665. The van der Waals surface area contributed by atoms with Crippen LogP contribution in [0, 0.1) is 17.8 Å². The van der Waals surface area contributed by atoms with E-state index in [0.29, 0.717) is 29.8 Å². The fraction of sp³-hybridized carbons (Fsp3) is 0.444. The number of amides is 2. The van der Waals surface area contributed by atoms with Crippen LogP contribution in [0.15, 0.2) is 42.6 Å². The van der Waals surface area contributed by atoms with Gasteiger partial charge in [-0.25, -0.2) is 4.98 Å². The number of hydrogen-bond donors (Lipinski definition) is 1. The van der Waals surface area contributed by atoms with Gasteiger partial charge in [0.2, 0.25) is 5.88 Å². The summed E-state index contributed by atoms with van der Waals surface area (Å²) < 4.78 is 6.26. The van der Waals surface area contributed by atoms with E-state index in [1.54, 1.807) is 41.2 Å². The number of carbonyl (C=O) groups is 2. The standard InChI is InChI=1S/C27H33N3O4/c1-5-6-8-11-21-14-23-25(28-15-21)34-24(19(2)16-30(27(23)33)20(3)18-31)17-29(4)26(32)22-12-9-7-10-13-22/h7,9-10,12-15,19-20,24,31H,5-6,16-18H2,1-4H3/t19-,20-,24+/m1/s1. The summed E-state index contributed by atoms with van der Waals surface area (Å²) in [5.41, 5.74) is 1.56. The van der Waals surface area contributed by atoms with Crippen LogP contribution in [0.1, 0.15) is 59.9 Å². The van der Waals surface area contributed by atoms with Gasteiger partial charge in [-0.05, 0) is 31.5 Å². The van der Waals surface area contributed by atoms with Gasteiger partial charge in [0, 0.05) is 43.3 Å². The van der Waals surface area contributed by atoms with Gasteiger partial charge in [0.15, 0.2) is 0 Å². The fourth-order valence-electron chi connectivity index (χ4n) is 3.83. The zero-order valence-electron chi connectivity index (χ0n) is 20.3. The molecule has 34 heavy (non-hydrogen) atoms. The molecule has 7 nitrogen and oxygen atoms in total. The number of ether oxygens (including phenoxy) is 1. The van der Waals surface area contributed by atoms with Crippen LogP contribution in [0.4, 0.5) is 0 Å². The molecule has 0 aliphatic carbocycles. The van der Waals surface area contributed by atoms with Crippen molar-refractivity contribution in [1.82, 2.24) is 14.8 Å². The summed E-state index contributed by atoms with van der Waals surface area (Å²) in [6.45, 7) is 6.39. The summed E-state index contributed by atoms with van der Waals surface area (Å²) in [5.74, 6) is 5.89. The lowest BCUT2D eigenvalue weighted by Gasteiger charge is -2.37. The number of unbranched alkanes of at least 4 members (excludes halogenated alkanes) is 1. The number of carbonyl (C=O) groups excluding carboxylic acids is 2. The molecule has 0 saturated heterocycles. The Morgan fingerprint density at radius 1 is 1.35 bits per heavy atom. The predicted octanol–water partition coefficient (Wildman–Crippen LogP) is 3.23. The minimum Gasteiger partial charge on any atom is -0.472 e. The maximum absolute atomic E-state index is 13.4. The number of aliphatic hydroxyl groups is 1. The Labute approximate surface area is 201 Å². The molecule has 1 N–H and O–H groups in total. The van der Waals surface area contributed by atoms with Crippen molar-refractivity contribution in [3.8, 4) is 17.7 Å². The molecule has 0 saturated carbocycles. The highest BCUT2D eigenvalue weighted by atomic mass is 16.5. The van der Waals surface area contributed by atoms with Gasteiger partial charge < -0.3 is 19.6 Å². The number of pyridine rings is 1. The van der Waals surface area contributed by atoms with E-state index < -0.39 is 6.10 Å². The van der Waals surface area contributed by atoms with Crippen LogP contribution in [0.3, 0.4) is 0 Å². The van der Waals surface area contributed by atoms with Crippen molar-refractivity contribution >= 4 is 11.8 Å². The molecule has 0 bridgehead atoms. The van der Waals surface area contributed by atoms with Crippen molar-refractivity contribution < 1.29 is 19.4 Å². The first kappa shape index (κ1) is 25.3. The Bertz CT molecular complexity index is 1060. The van der Waals surface area contributed by atoms with Crippen molar-refractivity contribution in [2.45, 2.75) is 45.8 Å². The van der Waals surface area contributed by atoms with E-state index in [2.05, 4.69) is 23.7 Å². The minimum absolute atomic E-state index is 0.107. The van der Waals surface area contributed by atoms with Gasteiger partial charge in [-0.1, -0.05) is 43.9 Å². The number of fused-ring (bicyclic) bond motifs is 1. The Morgan fingerprint density at radius 2 is 2.09 bits per heavy atom. The van der Waals surface area contributed by atoms with Gasteiger partial charge in [-0.3, -0.25) is 9.59 Å². The van der Waals surface area contributed by atoms with E-state index >= 15 is 0 Å². The molecule has 3 atom stereocenters. The lowest BCUT2D eigenvalue weighted by molar-refractivity contribution is 0.0313. The summed E-state index contributed by atoms with van der Waals surface area (Å²) in [4.78, 5) is 34.0. The number of hydrogen-bond acceptors (Lipinski definition) is 5. The molecule has 0 unspecified atom stereocenters. The SMILES string of the molecule is CCCC#Cc1cnc2c(c1)C(=O)N([C@H](C)CO)C[C@@H](C)[C@H](CN(C)C(=O)c1ccccc1)O2. The van der Waals surface area contributed by atoms with Crippen molar-refractivity contribution in [3.05, 3.63) is 59.3 Å². The molecule has 2 heterocycles. The summed E-state index contributed by atoms with van der Waals surface area (Å²) in [6.07, 6.45) is 2.92. The Morgan fingerprint density at radius 3 is 2.76 bits per heavy atom. The Balaban J connectivity index is 1.93. The van der Waals surface area contributed by atoms with Crippen molar-refractivity contribution in [3.63, 3.8) is 0 Å². The van der Waals surface area contributed by atoms with Crippen LogP contribution in [0.2, 0.25) is 0 Å². The van der Waals surface area contributed by atoms with E-state index in [0.717, 1.165) is 12.8 Å². The lowest BCUT2D eigenvalue weighted by atomic mass is 9.99. The van der Waals surface area contributed by atoms with Crippen LogP contribution >= 0.6 is 0 Å². The molecule has 180 valence electrons. The third kappa shape index (κ3) is 5.95. The maximum atomic E-state index is 13.4. The minimum atomic E-state index is -0.401. The van der Waals surface area contributed by atoms with Crippen molar-refractivity contribution in [2.24, 2.45) is 5.92 Å². The normalized spacial score (nSPS) is 18.5. The molecular formula is C27H33N3O4. The van der Waals surface area contributed by atoms with Gasteiger partial charge in [0.25, 0.3) is 11.8 Å². The van der Waals surface area contributed by atoms with Crippen LogP contribution in [-0.2, 0) is 0 Å². The molecule has 1 aromatic carbocycles. The topological polar surface area (TPSA) is 83.0 Å². The maximum Gasteiger partial charge on any atom is 0.259 e.